The van der Waals surface area contributed by atoms with Crippen molar-refractivity contribution in [3.8, 4) is 0 Å². The number of cyclic esters (lactones) is 1. The van der Waals surface area contributed by atoms with E-state index >= 15 is 0 Å². The minimum absolute atomic E-state index is 0.791. The Balaban J connectivity index is 2.61. The van der Waals surface area contributed by atoms with Gasteiger partial charge in [-0.25, -0.2) is 9.36 Å². The number of hydrogen-bond donors (Lipinski definition) is 5. The Kier molecular flexibility index (Phi) is 4.02. The summed E-state index contributed by atoms with van der Waals surface area (Å²) in [4.78, 5) is 27.6. The molecule has 1 rings (SSSR count). The van der Waals surface area contributed by atoms with E-state index in [2.05, 4.69) is 9.26 Å². The third kappa shape index (κ3) is 3.22. The van der Waals surface area contributed by atoms with E-state index in [1.165, 1.54) is 0 Å². The Morgan fingerprint density at radius 2 is 1.81 bits per heavy atom. The standard InChI is InChI=1S/C6H11O9P/c7-3-2(1-14-16(11,12)13)15-6(10)5(9)4(3)8/h2-5,7-9H,1H2,(H2,11,12,13)/t2?,3-,4+,5?/m1/s1. The molecule has 0 amide bonds. The highest BCUT2D eigenvalue weighted by atomic mass is 31.2. The van der Waals surface area contributed by atoms with Gasteiger partial charge in [-0.05, 0) is 0 Å². The molecule has 0 spiro atoms. The van der Waals surface area contributed by atoms with Crippen molar-refractivity contribution < 1.29 is 43.7 Å². The lowest BCUT2D eigenvalue weighted by Crippen LogP contribution is -2.56. The summed E-state index contributed by atoms with van der Waals surface area (Å²) in [7, 11) is -4.76. The molecule has 16 heavy (non-hydrogen) atoms. The molecule has 5 N–H and O–H groups in total. The highest BCUT2D eigenvalue weighted by Gasteiger charge is 2.44. The van der Waals surface area contributed by atoms with Gasteiger partial charge in [0.25, 0.3) is 0 Å². The fraction of sp³-hybridized carbons (Fsp3) is 0.833. The number of aliphatic hydroxyl groups is 3. The second-order valence-electron chi connectivity index (χ2n) is 3.19. The number of ether oxygens (including phenoxy) is 1. The van der Waals surface area contributed by atoms with Crippen LogP contribution in [0.3, 0.4) is 0 Å². The molecule has 2 unspecified atom stereocenters. The molecule has 10 heteroatoms. The first-order valence-corrected chi connectivity index (χ1v) is 5.70. The van der Waals surface area contributed by atoms with Crippen molar-refractivity contribution in [2.75, 3.05) is 6.61 Å². The molecule has 9 nitrogen and oxygen atoms in total. The molecule has 1 aliphatic rings. The van der Waals surface area contributed by atoms with Crippen molar-refractivity contribution in [2.45, 2.75) is 24.4 Å². The molecule has 0 saturated carbocycles. The maximum absolute atomic E-state index is 10.9. The SMILES string of the molecule is O=C1OC(COP(=O)(O)O)[C@@H](O)[C@H](O)C1O. The Morgan fingerprint density at radius 3 is 2.31 bits per heavy atom. The van der Waals surface area contributed by atoms with Crippen LogP contribution in [0.2, 0.25) is 0 Å². The summed E-state index contributed by atoms with van der Waals surface area (Å²) in [5.41, 5.74) is 0. The third-order valence-electron chi connectivity index (χ3n) is 1.97. The number of phosphoric acid groups is 1. The first-order valence-electron chi connectivity index (χ1n) is 4.17. The fourth-order valence-electron chi connectivity index (χ4n) is 1.14. The van der Waals surface area contributed by atoms with Crippen LogP contribution in [-0.4, -0.2) is 62.1 Å². The summed E-state index contributed by atoms with van der Waals surface area (Å²) >= 11 is 0. The van der Waals surface area contributed by atoms with E-state index in [1.54, 1.807) is 0 Å². The van der Waals surface area contributed by atoms with Crippen LogP contribution < -0.4 is 0 Å². The largest absolute Gasteiger partial charge is 0.469 e. The Labute approximate surface area is 89.5 Å². The molecule has 0 aromatic heterocycles. The number of aliphatic hydroxyl groups excluding tert-OH is 3. The van der Waals surface area contributed by atoms with Gasteiger partial charge in [-0.3, -0.25) is 4.52 Å². The second-order valence-corrected chi connectivity index (χ2v) is 4.43. The van der Waals surface area contributed by atoms with Crippen LogP contribution in [0.4, 0.5) is 0 Å². The van der Waals surface area contributed by atoms with E-state index in [9.17, 15) is 14.5 Å². The van der Waals surface area contributed by atoms with Gasteiger partial charge < -0.3 is 29.8 Å². The average molecular weight is 258 g/mol. The van der Waals surface area contributed by atoms with Crippen LogP contribution in [-0.2, 0) is 18.6 Å². The summed E-state index contributed by atoms with van der Waals surface area (Å²) in [6, 6.07) is 0. The van der Waals surface area contributed by atoms with Gasteiger partial charge in [-0.15, -0.1) is 0 Å². The van der Waals surface area contributed by atoms with E-state index in [4.69, 9.17) is 20.0 Å². The maximum atomic E-state index is 10.9. The normalized spacial score (nSPS) is 35.9. The predicted molar refractivity (Wildman–Crippen MR) is 45.9 cm³/mol. The summed E-state index contributed by atoms with van der Waals surface area (Å²) < 4.78 is 18.8. The zero-order valence-corrected chi connectivity index (χ0v) is 8.73. The van der Waals surface area contributed by atoms with Gasteiger partial charge in [0.15, 0.2) is 12.2 Å². The van der Waals surface area contributed by atoms with E-state index in [1.807, 2.05) is 0 Å². The first-order chi connectivity index (χ1) is 7.22. The van der Waals surface area contributed by atoms with Crippen LogP contribution in [0, 0.1) is 0 Å². The number of carbonyl (C=O) groups excluding carboxylic acids is 1. The van der Waals surface area contributed by atoms with Crippen molar-refractivity contribution >= 4 is 13.8 Å². The van der Waals surface area contributed by atoms with Crippen LogP contribution in [0.25, 0.3) is 0 Å². The second kappa shape index (κ2) is 4.76. The highest BCUT2D eigenvalue weighted by molar-refractivity contribution is 7.46. The third-order valence-corrected chi connectivity index (χ3v) is 2.46. The van der Waals surface area contributed by atoms with Crippen molar-refractivity contribution in [1.29, 1.82) is 0 Å². The Bertz CT molecular complexity index is 311. The number of esters is 1. The predicted octanol–water partition coefficient (Wildman–Crippen LogP) is -2.90. The zero-order valence-electron chi connectivity index (χ0n) is 7.83. The van der Waals surface area contributed by atoms with Crippen LogP contribution >= 0.6 is 7.82 Å². The molecule has 0 aromatic rings. The smallest absolute Gasteiger partial charge is 0.455 e. The quantitative estimate of drug-likeness (QED) is 0.265. The molecular weight excluding hydrogens is 247 g/mol. The van der Waals surface area contributed by atoms with E-state index in [-0.39, 0.29) is 0 Å². The molecule has 1 fully saturated rings. The molecule has 1 heterocycles. The topological polar surface area (TPSA) is 154 Å². The highest BCUT2D eigenvalue weighted by Crippen LogP contribution is 2.36. The fourth-order valence-corrected chi connectivity index (χ4v) is 1.48. The number of phosphoric ester groups is 1. The molecule has 4 atom stereocenters. The van der Waals surface area contributed by atoms with Crippen molar-refractivity contribution in [2.24, 2.45) is 0 Å². The van der Waals surface area contributed by atoms with E-state index < -0.39 is 44.8 Å². The summed E-state index contributed by atoms with van der Waals surface area (Å²) in [6.45, 7) is -0.791. The molecule has 1 saturated heterocycles. The Morgan fingerprint density at radius 1 is 1.25 bits per heavy atom. The summed E-state index contributed by atoms with van der Waals surface area (Å²) in [5.74, 6) is -1.20. The van der Waals surface area contributed by atoms with Gasteiger partial charge in [0, 0.05) is 0 Å². The lowest BCUT2D eigenvalue weighted by molar-refractivity contribution is -0.206. The van der Waals surface area contributed by atoms with Gasteiger partial charge in [-0.2, -0.15) is 0 Å². The summed E-state index contributed by atoms with van der Waals surface area (Å²) in [6.07, 6.45) is -6.80. The minimum atomic E-state index is -4.76. The van der Waals surface area contributed by atoms with Gasteiger partial charge >= 0.3 is 13.8 Å². The number of hydrogen-bond acceptors (Lipinski definition) is 7. The van der Waals surface area contributed by atoms with Gasteiger partial charge in [-0.1, -0.05) is 0 Å². The molecule has 94 valence electrons. The van der Waals surface area contributed by atoms with Crippen LogP contribution in [0.15, 0.2) is 0 Å². The molecule has 0 aromatic carbocycles. The maximum Gasteiger partial charge on any atom is 0.469 e. The molecule has 0 bridgehead atoms. The van der Waals surface area contributed by atoms with Crippen molar-refractivity contribution in [3.05, 3.63) is 0 Å². The van der Waals surface area contributed by atoms with E-state index in [0.717, 1.165) is 0 Å². The lowest BCUT2D eigenvalue weighted by atomic mass is 10.0. The van der Waals surface area contributed by atoms with Gasteiger partial charge in [0.05, 0.1) is 6.61 Å². The molecule has 1 aliphatic heterocycles. The molecule has 0 radical (unpaired) electrons. The minimum Gasteiger partial charge on any atom is -0.455 e. The number of rotatable bonds is 3. The Hall–Kier alpha value is -0.540. The van der Waals surface area contributed by atoms with Crippen LogP contribution in [0.5, 0.6) is 0 Å². The van der Waals surface area contributed by atoms with Gasteiger partial charge in [0.2, 0.25) is 0 Å². The zero-order chi connectivity index (χ0) is 12.5. The van der Waals surface area contributed by atoms with Crippen molar-refractivity contribution in [3.63, 3.8) is 0 Å². The van der Waals surface area contributed by atoms with Crippen LogP contribution in [0.1, 0.15) is 0 Å². The lowest BCUT2D eigenvalue weighted by Gasteiger charge is -2.33. The number of carbonyl (C=O) groups is 1. The molecule has 0 aliphatic carbocycles. The molecular formula is C6H11O9P. The van der Waals surface area contributed by atoms with Crippen molar-refractivity contribution in [1.82, 2.24) is 0 Å². The monoisotopic (exact) mass is 258 g/mol. The van der Waals surface area contributed by atoms with E-state index in [0.29, 0.717) is 0 Å². The summed E-state index contributed by atoms with van der Waals surface area (Å²) in [5, 5.41) is 27.5. The first kappa shape index (κ1) is 13.5. The van der Waals surface area contributed by atoms with Gasteiger partial charge in [0.1, 0.15) is 12.2 Å². The average Bonchev–Trinajstić information content (AvgIpc) is 2.17.